The van der Waals surface area contributed by atoms with E-state index in [-0.39, 0.29) is 0 Å². The molecule has 0 spiro atoms. The summed E-state index contributed by atoms with van der Waals surface area (Å²) in [5, 5.41) is 18.9. The van der Waals surface area contributed by atoms with E-state index in [1.807, 2.05) is 19.1 Å². The molecule has 0 saturated carbocycles. The lowest BCUT2D eigenvalue weighted by Gasteiger charge is -1.87. The molecule has 1 rings (SSSR count). The topological polar surface area (TPSA) is 40.5 Å². The lowest BCUT2D eigenvalue weighted by molar-refractivity contribution is 0.427. The summed E-state index contributed by atoms with van der Waals surface area (Å²) >= 11 is 1.36. The predicted molar refractivity (Wildman–Crippen MR) is 58.2 cm³/mol. The van der Waals surface area contributed by atoms with Crippen LogP contribution in [-0.2, 0) is 0 Å². The standard InChI is InChI=1S/C9H11BO2S/c1-3-5-8-7(4-2)6-9(13-8)10(11)12/h3-6,11-12H,1H2,2H3/b7-4-,8-5+. The summed E-state index contributed by atoms with van der Waals surface area (Å²) in [4.78, 5) is 0. The molecule has 0 radical (unpaired) electrons. The van der Waals surface area contributed by atoms with Gasteiger partial charge >= 0.3 is 7.12 Å². The minimum atomic E-state index is -1.38. The molecule has 1 heterocycles. The van der Waals surface area contributed by atoms with Crippen LogP contribution in [0.4, 0.5) is 0 Å². The van der Waals surface area contributed by atoms with Gasteiger partial charge in [0, 0.05) is 9.31 Å². The van der Waals surface area contributed by atoms with E-state index in [2.05, 4.69) is 6.58 Å². The summed E-state index contributed by atoms with van der Waals surface area (Å²) in [6.45, 7) is 5.51. The molecule has 0 unspecified atom stereocenters. The molecule has 0 fully saturated rings. The summed E-state index contributed by atoms with van der Waals surface area (Å²) in [5.41, 5.74) is 0. The predicted octanol–water partition coefficient (Wildman–Crippen LogP) is -0.805. The van der Waals surface area contributed by atoms with E-state index < -0.39 is 7.12 Å². The van der Waals surface area contributed by atoms with Crippen LogP contribution in [-0.4, -0.2) is 17.2 Å². The van der Waals surface area contributed by atoms with Crippen molar-refractivity contribution in [1.29, 1.82) is 0 Å². The molecular weight excluding hydrogens is 183 g/mol. The third-order valence-electron chi connectivity index (χ3n) is 1.64. The van der Waals surface area contributed by atoms with E-state index in [4.69, 9.17) is 10.0 Å². The van der Waals surface area contributed by atoms with Crippen molar-refractivity contribution in [3.05, 3.63) is 28.5 Å². The van der Waals surface area contributed by atoms with Crippen LogP contribution in [0.25, 0.3) is 12.2 Å². The normalized spacial score (nSPS) is 13.5. The minimum Gasteiger partial charge on any atom is -0.423 e. The average molecular weight is 194 g/mol. The maximum absolute atomic E-state index is 8.94. The molecule has 0 aliphatic carbocycles. The first-order valence-electron chi connectivity index (χ1n) is 3.94. The molecule has 0 bridgehead atoms. The van der Waals surface area contributed by atoms with Gasteiger partial charge in [0.2, 0.25) is 0 Å². The Hall–Kier alpha value is -0.835. The van der Waals surface area contributed by atoms with Crippen LogP contribution >= 0.6 is 11.3 Å². The Labute approximate surface area is 81.3 Å². The zero-order chi connectivity index (χ0) is 9.84. The van der Waals surface area contributed by atoms with Crippen molar-refractivity contribution in [2.24, 2.45) is 0 Å². The molecule has 0 saturated heterocycles. The Kier molecular flexibility index (Phi) is 3.48. The average Bonchev–Trinajstić information content (AvgIpc) is 2.48. The fourth-order valence-corrected chi connectivity index (χ4v) is 2.03. The van der Waals surface area contributed by atoms with E-state index in [1.165, 1.54) is 11.3 Å². The summed E-state index contributed by atoms with van der Waals surface area (Å²) in [5.74, 6) is 0. The molecule has 0 aliphatic rings. The van der Waals surface area contributed by atoms with Crippen LogP contribution in [0.1, 0.15) is 6.92 Å². The van der Waals surface area contributed by atoms with Crippen LogP contribution in [0.5, 0.6) is 0 Å². The van der Waals surface area contributed by atoms with E-state index in [0.717, 1.165) is 9.75 Å². The second-order valence-electron chi connectivity index (χ2n) is 2.53. The molecule has 1 aromatic rings. The molecular formula is C9H11BO2S. The number of rotatable bonds is 2. The smallest absolute Gasteiger partial charge is 0.423 e. The molecule has 13 heavy (non-hydrogen) atoms. The first-order chi connectivity index (χ1) is 6.19. The highest BCUT2D eigenvalue weighted by molar-refractivity contribution is 7.20. The van der Waals surface area contributed by atoms with Gasteiger partial charge in [0.05, 0.1) is 0 Å². The Balaban J connectivity index is 3.37. The van der Waals surface area contributed by atoms with E-state index >= 15 is 0 Å². The van der Waals surface area contributed by atoms with Crippen LogP contribution in [0, 0.1) is 0 Å². The van der Waals surface area contributed by atoms with Crippen molar-refractivity contribution in [2.75, 3.05) is 0 Å². The van der Waals surface area contributed by atoms with E-state index in [9.17, 15) is 0 Å². The van der Waals surface area contributed by atoms with Gasteiger partial charge in [0.15, 0.2) is 0 Å². The van der Waals surface area contributed by atoms with Crippen LogP contribution in [0.15, 0.2) is 18.7 Å². The maximum atomic E-state index is 8.94. The largest absolute Gasteiger partial charge is 0.499 e. The molecule has 2 nitrogen and oxygen atoms in total. The molecule has 4 heteroatoms. The van der Waals surface area contributed by atoms with Crippen LogP contribution < -0.4 is 14.5 Å². The Morgan fingerprint density at radius 1 is 1.54 bits per heavy atom. The van der Waals surface area contributed by atoms with Gasteiger partial charge in [-0.25, -0.2) is 0 Å². The highest BCUT2D eigenvalue weighted by atomic mass is 32.1. The lowest BCUT2D eigenvalue weighted by atomic mass is 9.89. The molecule has 1 aromatic heterocycles. The highest BCUT2D eigenvalue weighted by Crippen LogP contribution is 1.83. The number of allylic oxidation sites excluding steroid dienone is 1. The van der Waals surface area contributed by atoms with Crippen LogP contribution in [0.3, 0.4) is 0 Å². The monoisotopic (exact) mass is 194 g/mol. The van der Waals surface area contributed by atoms with Gasteiger partial charge in [-0.05, 0) is 24.3 Å². The van der Waals surface area contributed by atoms with Crippen molar-refractivity contribution >= 4 is 35.4 Å². The van der Waals surface area contributed by atoms with Gasteiger partial charge in [-0.2, -0.15) is 0 Å². The van der Waals surface area contributed by atoms with Crippen LogP contribution in [0.2, 0.25) is 0 Å². The molecule has 0 aliphatic heterocycles. The SMILES string of the molecule is C=C/C=c1/sc(B(O)O)c/c1=C/C. The minimum absolute atomic E-state index is 0.557. The maximum Gasteiger partial charge on any atom is 0.499 e. The Morgan fingerprint density at radius 3 is 2.69 bits per heavy atom. The quantitative estimate of drug-likeness (QED) is 0.605. The number of hydrogen-bond acceptors (Lipinski definition) is 3. The van der Waals surface area contributed by atoms with Crippen molar-refractivity contribution in [3.8, 4) is 0 Å². The van der Waals surface area contributed by atoms with Crippen molar-refractivity contribution < 1.29 is 10.0 Å². The Bertz CT molecular complexity index is 406. The van der Waals surface area contributed by atoms with Crippen molar-refractivity contribution in [1.82, 2.24) is 0 Å². The lowest BCUT2D eigenvalue weighted by Crippen LogP contribution is -2.27. The Morgan fingerprint density at radius 2 is 2.23 bits per heavy atom. The number of thiophene rings is 1. The first-order valence-corrected chi connectivity index (χ1v) is 4.75. The molecule has 68 valence electrons. The fraction of sp³-hybridized carbons (Fsp3) is 0.111. The van der Waals surface area contributed by atoms with E-state index in [0.29, 0.717) is 4.78 Å². The summed E-state index contributed by atoms with van der Waals surface area (Å²) in [7, 11) is -1.38. The van der Waals surface area contributed by atoms with Gasteiger partial charge in [-0.15, -0.1) is 11.3 Å². The summed E-state index contributed by atoms with van der Waals surface area (Å²) in [6.07, 6.45) is 5.47. The van der Waals surface area contributed by atoms with Gasteiger partial charge in [0.1, 0.15) is 0 Å². The summed E-state index contributed by atoms with van der Waals surface area (Å²) < 4.78 is 1.56. The van der Waals surface area contributed by atoms with Crippen molar-refractivity contribution in [3.63, 3.8) is 0 Å². The molecule has 2 N–H and O–H groups in total. The van der Waals surface area contributed by atoms with Gasteiger partial charge in [-0.3, -0.25) is 0 Å². The first kappa shape index (κ1) is 10.2. The van der Waals surface area contributed by atoms with Crippen molar-refractivity contribution in [2.45, 2.75) is 6.92 Å². The molecule has 0 atom stereocenters. The van der Waals surface area contributed by atoms with E-state index in [1.54, 1.807) is 12.1 Å². The zero-order valence-corrected chi connectivity index (χ0v) is 8.21. The van der Waals surface area contributed by atoms with Gasteiger partial charge in [0.25, 0.3) is 0 Å². The number of hydrogen-bond donors (Lipinski definition) is 2. The summed E-state index contributed by atoms with van der Waals surface area (Å²) in [6, 6.07) is 1.77. The third kappa shape index (κ3) is 2.31. The van der Waals surface area contributed by atoms with Gasteiger partial charge in [-0.1, -0.05) is 18.7 Å². The fourth-order valence-electron chi connectivity index (χ4n) is 1.03. The highest BCUT2D eigenvalue weighted by Gasteiger charge is 2.12. The third-order valence-corrected chi connectivity index (χ3v) is 2.80. The second kappa shape index (κ2) is 4.41. The van der Waals surface area contributed by atoms with Gasteiger partial charge < -0.3 is 10.0 Å². The molecule has 0 aromatic carbocycles. The molecule has 0 amide bonds. The second-order valence-corrected chi connectivity index (χ2v) is 3.65. The zero-order valence-electron chi connectivity index (χ0n) is 7.40.